The summed E-state index contributed by atoms with van der Waals surface area (Å²) in [6.07, 6.45) is 0. The van der Waals surface area contributed by atoms with E-state index in [2.05, 4.69) is 0 Å². The molecule has 2 aromatic carbocycles. The van der Waals surface area contributed by atoms with Gasteiger partial charge in [0.25, 0.3) is 0 Å². The summed E-state index contributed by atoms with van der Waals surface area (Å²) in [5.74, 6) is -0.641. The van der Waals surface area contributed by atoms with Crippen molar-refractivity contribution in [3.63, 3.8) is 0 Å². The molecule has 2 aliphatic heterocycles. The Morgan fingerprint density at radius 1 is 0.750 bits per heavy atom. The van der Waals surface area contributed by atoms with Crippen molar-refractivity contribution in [2.75, 3.05) is 26.2 Å². The van der Waals surface area contributed by atoms with E-state index in [-0.39, 0.29) is 32.5 Å². The number of Topliss-reactive ketones (excluding diaryl/α,β-unsaturated/α-hetero) is 2. The molecule has 0 spiro atoms. The number of sulfone groups is 1. The Kier molecular flexibility index (Phi) is 3.55. The molecular weight excluding hydrogens is 376 g/mol. The summed E-state index contributed by atoms with van der Waals surface area (Å²) < 4.78 is 26.8. The van der Waals surface area contributed by atoms with Crippen molar-refractivity contribution in [3.8, 4) is 0 Å². The van der Waals surface area contributed by atoms with Crippen LogP contribution >= 0.6 is 0 Å². The number of carbonyl (C=O) groups excluding carboxylic acids is 2. The Hall–Kier alpha value is -2.93. The molecule has 6 nitrogen and oxygen atoms in total. The average molecular weight is 394 g/mol. The molecular formula is C21H18N2O4S. The standard InChI is InChI=1S/C21H18N2O4S/c1-13-5-2-3-7-15(13)28(26,27)16-8-4-6-14-17(16)21(25)19(23-11-12-23)18(20(14)24)22-9-10-22/h2-8H,9-12H2,1H3. The third kappa shape index (κ3) is 2.43. The fourth-order valence-corrected chi connectivity index (χ4v) is 5.47. The lowest BCUT2D eigenvalue weighted by Crippen LogP contribution is -2.30. The smallest absolute Gasteiger partial charge is 0.213 e. The Morgan fingerprint density at radius 2 is 1.32 bits per heavy atom. The van der Waals surface area contributed by atoms with E-state index in [1.54, 1.807) is 31.2 Å². The molecule has 2 aromatic rings. The van der Waals surface area contributed by atoms with Crippen molar-refractivity contribution in [2.24, 2.45) is 0 Å². The van der Waals surface area contributed by atoms with Gasteiger partial charge >= 0.3 is 0 Å². The third-order valence-corrected chi connectivity index (χ3v) is 7.31. The monoisotopic (exact) mass is 394 g/mol. The Morgan fingerprint density at radius 3 is 1.93 bits per heavy atom. The Balaban J connectivity index is 1.74. The van der Waals surface area contributed by atoms with Gasteiger partial charge in [-0.15, -0.1) is 0 Å². The summed E-state index contributed by atoms with van der Waals surface area (Å²) in [6, 6.07) is 11.2. The first kappa shape index (κ1) is 17.2. The van der Waals surface area contributed by atoms with Crippen molar-refractivity contribution >= 4 is 21.4 Å². The molecule has 7 heteroatoms. The van der Waals surface area contributed by atoms with Gasteiger partial charge in [0.1, 0.15) is 11.4 Å². The summed E-state index contributed by atoms with van der Waals surface area (Å²) in [6.45, 7) is 4.60. The van der Waals surface area contributed by atoms with E-state index >= 15 is 0 Å². The molecule has 1 aliphatic carbocycles. The van der Waals surface area contributed by atoms with Crippen LogP contribution in [0.4, 0.5) is 0 Å². The van der Waals surface area contributed by atoms with Gasteiger partial charge in [-0.3, -0.25) is 9.59 Å². The Bertz CT molecular complexity index is 1190. The maximum atomic E-state index is 13.4. The lowest BCUT2D eigenvalue weighted by Gasteiger charge is -2.24. The van der Waals surface area contributed by atoms with Crippen LogP contribution in [0.3, 0.4) is 0 Å². The number of ketones is 2. The second-order valence-corrected chi connectivity index (χ2v) is 9.16. The van der Waals surface area contributed by atoms with E-state index in [1.807, 2.05) is 9.80 Å². The average Bonchev–Trinajstić information content (AvgIpc) is 3.57. The summed E-state index contributed by atoms with van der Waals surface area (Å²) >= 11 is 0. The van der Waals surface area contributed by atoms with Crippen LogP contribution in [-0.2, 0) is 9.84 Å². The molecule has 0 saturated carbocycles. The number of hydrogen-bond donors (Lipinski definition) is 0. The van der Waals surface area contributed by atoms with E-state index in [0.29, 0.717) is 30.0 Å². The number of hydrogen-bond acceptors (Lipinski definition) is 6. The zero-order valence-corrected chi connectivity index (χ0v) is 16.1. The molecule has 5 rings (SSSR count). The molecule has 0 unspecified atom stereocenters. The predicted octanol–water partition coefficient (Wildman–Crippen LogP) is 2.05. The summed E-state index contributed by atoms with van der Waals surface area (Å²) in [5, 5.41) is 0. The van der Waals surface area contributed by atoms with Gasteiger partial charge in [-0.25, -0.2) is 8.42 Å². The molecule has 3 aliphatic rings. The van der Waals surface area contributed by atoms with Gasteiger partial charge in [0.15, 0.2) is 0 Å². The van der Waals surface area contributed by atoms with Gasteiger partial charge in [0.05, 0.1) is 15.4 Å². The number of rotatable bonds is 4. The molecule has 28 heavy (non-hydrogen) atoms. The van der Waals surface area contributed by atoms with Gasteiger partial charge in [0.2, 0.25) is 21.4 Å². The molecule has 0 radical (unpaired) electrons. The van der Waals surface area contributed by atoms with Crippen LogP contribution in [-0.4, -0.2) is 56.0 Å². The SMILES string of the molecule is Cc1ccccc1S(=O)(=O)c1cccc2c1C(=O)C(N1CC1)=C(N1CC1)C2=O. The molecule has 142 valence electrons. The van der Waals surface area contributed by atoms with Crippen LogP contribution in [0.15, 0.2) is 63.6 Å². The van der Waals surface area contributed by atoms with Crippen molar-refractivity contribution in [1.82, 2.24) is 9.80 Å². The van der Waals surface area contributed by atoms with Crippen LogP contribution in [0.1, 0.15) is 26.3 Å². The number of nitrogens with zero attached hydrogens (tertiary/aromatic N) is 2. The molecule has 2 heterocycles. The molecule has 2 fully saturated rings. The molecule has 2 saturated heterocycles. The summed E-state index contributed by atoms with van der Waals surface area (Å²) in [5.41, 5.74) is 1.54. The van der Waals surface area contributed by atoms with Crippen LogP contribution in [0.5, 0.6) is 0 Å². The number of fused-ring (bicyclic) bond motifs is 1. The predicted molar refractivity (Wildman–Crippen MR) is 102 cm³/mol. The second kappa shape index (κ2) is 5.78. The second-order valence-electron chi connectivity index (χ2n) is 7.28. The largest absolute Gasteiger partial charge is 0.363 e. The van der Waals surface area contributed by atoms with E-state index < -0.39 is 9.84 Å². The molecule has 0 bridgehead atoms. The lowest BCUT2D eigenvalue weighted by molar-refractivity contribution is 0.0943. The minimum atomic E-state index is -3.95. The highest BCUT2D eigenvalue weighted by Crippen LogP contribution is 2.39. The number of carbonyl (C=O) groups is 2. The molecule has 0 aromatic heterocycles. The number of allylic oxidation sites excluding steroid dienone is 2. The minimum absolute atomic E-state index is 0.00301. The van der Waals surface area contributed by atoms with Crippen molar-refractivity contribution in [1.29, 1.82) is 0 Å². The zero-order valence-electron chi connectivity index (χ0n) is 15.3. The third-order valence-electron chi connectivity index (χ3n) is 5.35. The quantitative estimate of drug-likeness (QED) is 0.739. The van der Waals surface area contributed by atoms with E-state index in [4.69, 9.17) is 0 Å². The first-order chi connectivity index (χ1) is 13.4. The van der Waals surface area contributed by atoms with E-state index in [9.17, 15) is 18.0 Å². The highest BCUT2D eigenvalue weighted by Gasteiger charge is 2.45. The van der Waals surface area contributed by atoms with Gasteiger partial charge in [-0.05, 0) is 24.6 Å². The van der Waals surface area contributed by atoms with E-state index in [1.165, 1.54) is 18.2 Å². The normalized spacial score (nSPS) is 18.5. The maximum Gasteiger partial charge on any atom is 0.213 e. The summed E-state index contributed by atoms with van der Waals surface area (Å²) in [4.78, 5) is 30.4. The van der Waals surface area contributed by atoms with Crippen LogP contribution < -0.4 is 0 Å². The molecule has 0 N–H and O–H groups in total. The fraction of sp³-hybridized carbons (Fsp3) is 0.238. The van der Waals surface area contributed by atoms with Crippen molar-refractivity contribution < 1.29 is 18.0 Å². The molecule has 0 atom stereocenters. The number of aryl methyl sites for hydroxylation is 1. The maximum absolute atomic E-state index is 13.4. The van der Waals surface area contributed by atoms with Gasteiger partial charge in [0, 0.05) is 31.7 Å². The zero-order chi connectivity index (χ0) is 19.6. The highest BCUT2D eigenvalue weighted by atomic mass is 32.2. The Labute approximate surface area is 163 Å². The van der Waals surface area contributed by atoms with Gasteiger partial charge < -0.3 is 9.80 Å². The van der Waals surface area contributed by atoms with Crippen LogP contribution in [0, 0.1) is 6.92 Å². The first-order valence-electron chi connectivity index (χ1n) is 9.18. The topological polar surface area (TPSA) is 74.3 Å². The van der Waals surface area contributed by atoms with E-state index in [0.717, 1.165) is 13.1 Å². The van der Waals surface area contributed by atoms with Crippen LogP contribution in [0.25, 0.3) is 0 Å². The van der Waals surface area contributed by atoms with Gasteiger partial charge in [-0.2, -0.15) is 0 Å². The first-order valence-corrected chi connectivity index (χ1v) is 10.7. The molecule has 0 amide bonds. The van der Waals surface area contributed by atoms with Gasteiger partial charge in [-0.1, -0.05) is 30.3 Å². The lowest BCUT2D eigenvalue weighted by atomic mass is 9.90. The minimum Gasteiger partial charge on any atom is -0.363 e. The summed E-state index contributed by atoms with van der Waals surface area (Å²) in [7, 11) is -3.95. The number of benzene rings is 2. The van der Waals surface area contributed by atoms with Crippen molar-refractivity contribution in [2.45, 2.75) is 16.7 Å². The van der Waals surface area contributed by atoms with Crippen molar-refractivity contribution in [3.05, 3.63) is 70.5 Å². The fourth-order valence-electron chi connectivity index (χ4n) is 3.75. The van der Waals surface area contributed by atoms with Crippen LogP contribution in [0.2, 0.25) is 0 Å². The highest BCUT2D eigenvalue weighted by molar-refractivity contribution is 7.91.